The van der Waals surface area contributed by atoms with Gasteiger partial charge in [0.2, 0.25) is 0 Å². The maximum absolute atomic E-state index is 14.9. The maximum Gasteiger partial charge on any atom is 0.266 e. The van der Waals surface area contributed by atoms with E-state index in [0.29, 0.717) is 5.69 Å². The fourth-order valence-electron chi connectivity index (χ4n) is 4.62. The SMILES string of the molecule is N#C[C@H]1CCCN([C@H]2CCCC[C@@H]2Nc2cc(F)c(S(=O)(=O)Nc3nccs3)cc2Cl)C1. The monoisotopic (exact) mass is 497 g/mol. The zero-order valence-corrected chi connectivity index (χ0v) is 19.8. The Morgan fingerprint density at radius 2 is 2.06 bits per heavy atom. The summed E-state index contributed by atoms with van der Waals surface area (Å²) in [6, 6.07) is 4.96. The summed E-state index contributed by atoms with van der Waals surface area (Å²) in [4.78, 5) is 5.73. The second-order valence-corrected chi connectivity index (χ2v) is 11.2. The van der Waals surface area contributed by atoms with Gasteiger partial charge in [-0.2, -0.15) is 5.26 Å². The summed E-state index contributed by atoms with van der Waals surface area (Å²) >= 11 is 7.50. The summed E-state index contributed by atoms with van der Waals surface area (Å²) in [7, 11) is -4.15. The van der Waals surface area contributed by atoms with E-state index in [-0.39, 0.29) is 28.2 Å². The summed E-state index contributed by atoms with van der Waals surface area (Å²) in [5.41, 5.74) is 0.378. The van der Waals surface area contributed by atoms with Crippen molar-refractivity contribution in [2.24, 2.45) is 5.92 Å². The molecule has 1 saturated heterocycles. The zero-order valence-electron chi connectivity index (χ0n) is 17.4. The Labute approximate surface area is 196 Å². The van der Waals surface area contributed by atoms with Crippen LogP contribution in [-0.4, -0.2) is 43.5 Å². The number of thiazole rings is 1. The Morgan fingerprint density at radius 3 is 2.81 bits per heavy atom. The first-order valence-corrected chi connectivity index (χ1v) is 13.4. The number of anilines is 2. The fourth-order valence-corrected chi connectivity index (χ4v) is 6.78. The molecule has 2 N–H and O–H groups in total. The van der Waals surface area contributed by atoms with Crippen LogP contribution < -0.4 is 10.0 Å². The van der Waals surface area contributed by atoms with Gasteiger partial charge in [-0.15, -0.1) is 11.3 Å². The number of nitriles is 1. The standard InChI is InChI=1S/C21H25ClFN5O2S2/c22-15-10-20(32(29,30)27-21-25-7-9-31-21)16(23)11-18(15)26-17-5-1-2-6-19(17)28-8-3-4-14(12-24)13-28/h7,9-11,14,17,19,26H,1-6,8,13H2,(H,25,27)/t14-,17+,19+/m1/s1. The molecule has 7 nitrogen and oxygen atoms in total. The van der Waals surface area contributed by atoms with Crippen LogP contribution >= 0.6 is 22.9 Å². The second-order valence-electron chi connectivity index (χ2n) is 8.27. The highest BCUT2D eigenvalue weighted by atomic mass is 35.5. The van der Waals surface area contributed by atoms with Crippen molar-refractivity contribution in [3.8, 4) is 6.07 Å². The number of aromatic nitrogens is 1. The van der Waals surface area contributed by atoms with Crippen LogP contribution in [0.1, 0.15) is 38.5 Å². The van der Waals surface area contributed by atoms with Gasteiger partial charge in [0.25, 0.3) is 10.0 Å². The number of benzene rings is 1. The van der Waals surface area contributed by atoms with Crippen LogP contribution in [0.2, 0.25) is 5.02 Å². The van der Waals surface area contributed by atoms with Crippen molar-refractivity contribution in [3.63, 3.8) is 0 Å². The number of rotatable bonds is 6. The van der Waals surface area contributed by atoms with Gasteiger partial charge >= 0.3 is 0 Å². The van der Waals surface area contributed by atoms with E-state index >= 15 is 0 Å². The van der Waals surface area contributed by atoms with Crippen LogP contribution in [0.4, 0.5) is 15.2 Å². The molecule has 2 aromatic rings. The average Bonchev–Trinajstić information content (AvgIpc) is 3.28. The van der Waals surface area contributed by atoms with Crippen LogP contribution in [-0.2, 0) is 10.0 Å². The molecule has 11 heteroatoms. The molecule has 1 aromatic carbocycles. The number of nitrogens with one attached hydrogen (secondary N) is 2. The van der Waals surface area contributed by atoms with Gasteiger partial charge in [0.15, 0.2) is 5.13 Å². The Morgan fingerprint density at radius 1 is 1.25 bits per heavy atom. The molecule has 0 radical (unpaired) electrons. The smallest absolute Gasteiger partial charge is 0.266 e. The predicted molar refractivity (Wildman–Crippen MR) is 124 cm³/mol. The summed E-state index contributed by atoms with van der Waals surface area (Å²) in [6.07, 6.45) is 7.45. The third-order valence-electron chi connectivity index (χ3n) is 6.14. The molecule has 4 rings (SSSR count). The number of piperidine rings is 1. The third kappa shape index (κ3) is 5.17. The van der Waals surface area contributed by atoms with Crippen LogP contribution in [0.25, 0.3) is 0 Å². The number of hydrogen-bond acceptors (Lipinski definition) is 7. The Balaban J connectivity index is 1.53. The first-order valence-electron chi connectivity index (χ1n) is 10.7. The van der Waals surface area contributed by atoms with Gasteiger partial charge in [-0.1, -0.05) is 24.4 Å². The van der Waals surface area contributed by atoms with Crippen molar-refractivity contribution >= 4 is 43.8 Å². The highest BCUT2D eigenvalue weighted by molar-refractivity contribution is 7.93. The third-order valence-corrected chi connectivity index (χ3v) is 8.62. The molecular weight excluding hydrogens is 473 g/mol. The van der Waals surface area contributed by atoms with Gasteiger partial charge in [0, 0.05) is 30.2 Å². The lowest BCUT2D eigenvalue weighted by molar-refractivity contribution is 0.105. The number of hydrogen-bond donors (Lipinski definition) is 2. The van der Waals surface area contributed by atoms with Gasteiger partial charge in [-0.05, 0) is 44.4 Å². The topological polar surface area (TPSA) is 98.1 Å². The molecule has 172 valence electrons. The largest absolute Gasteiger partial charge is 0.379 e. The molecular formula is C21H25ClFN5O2S2. The van der Waals surface area contributed by atoms with Crippen LogP contribution in [0.15, 0.2) is 28.6 Å². The average molecular weight is 498 g/mol. The van der Waals surface area contributed by atoms with E-state index in [1.165, 1.54) is 6.20 Å². The van der Waals surface area contributed by atoms with E-state index in [9.17, 15) is 18.1 Å². The molecule has 1 aliphatic heterocycles. The highest BCUT2D eigenvalue weighted by Gasteiger charge is 2.34. The van der Waals surface area contributed by atoms with Crippen molar-refractivity contribution in [2.45, 2.75) is 55.5 Å². The number of nitrogens with zero attached hydrogens (tertiary/aromatic N) is 3. The molecule has 2 aliphatic rings. The van der Waals surface area contributed by atoms with E-state index < -0.39 is 20.7 Å². The lowest BCUT2D eigenvalue weighted by Gasteiger charge is -2.43. The van der Waals surface area contributed by atoms with Gasteiger partial charge in [-0.3, -0.25) is 9.62 Å². The fraction of sp³-hybridized carbons (Fsp3) is 0.524. The quantitative estimate of drug-likeness (QED) is 0.600. The van der Waals surface area contributed by atoms with E-state index in [2.05, 4.69) is 26.0 Å². The number of sulfonamides is 1. The van der Waals surface area contributed by atoms with Crippen molar-refractivity contribution in [2.75, 3.05) is 23.1 Å². The van der Waals surface area contributed by atoms with Gasteiger partial charge < -0.3 is 5.32 Å². The van der Waals surface area contributed by atoms with Gasteiger partial charge in [0.05, 0.1) is 22.7 Å². The summed E-state index contributed by atoms with van der Waals surface area (Å²) in [5.74, 6) is -0.835. The first kappa shape index (κ1) is 23.2. The van der Waals surface area contributed by atoms with Crippen LogP contribution in [0.5, 0.6) is 0 Å². The number of halogens is 2. The molecule has 0 bridgehead atoms. The second kappa shape index (κ2) is 9.91. The molecule has 2 fully saturated rings. The minimum absolute atomic E-state index is 0.0437. The van der Waals surface area contributed by atoms with E-state index in [1.54, 1.807) is 5.38 Å². The summed E-state index contributed by atoms with van der Waals surface area (Å²) < 4.78 is 42.3. The molecule has 0 amide bonds. The Kier molecular flexibility index (Phi) is 7.20. The molecule has 32 heavy (non-hydrogen) atoms. The lowest BCUT2D eigenvalue weighted by Crippen LogP contribution is -2.52. The van der Waals surface area contributed by atoms with E-state index in [4.69, 9.17) is 11.6 Å². The van der Waals surface area contributed by atoms with E-state index in [1.807, 2.05) is 0 Å². The molecule has 3 atom stereocenters. The maximum atomic E-state index is 14.9. The Bertz CT molecular complexity index is 1090. The molecule has 0 spiro atoms. The molecule has 2 heterocycles. The first-order chi connectivity index (χ1) is 15.4. The zero-order chi connectivity index (χ0) is 22.7. The van der Waals surface area contributed by atoms with Crippen LogP contribution in [0.3, 0.4) is 0 Å². The summed E-state index contributed by atoms with van der Waals surface area (Å²) in [5, 5.41) is 14.6. The van der Waals surface area contributed by atoms with E-state index in [0.717, 1.165) is 75.1 Å². The van der Waals surface area contributed by atoms with Crippen molar-refractivity contribution < 1.29 is 12.8 Å². The van der Waals surface area contributed by atoms with Gasteiger partial charge in [0.1, 0.15) is 10.7 Å². The van der Waals surface area contributed by atoms with Crippen molar-refractivity contribution in [1.29, 1.82) is 5.26 Å². The van der Waals surface area contributed by atoms with Crippen molar-refractivity contribution in [3.05, 3.63) is 34.5 Å². The predicted octanol–water partition coefficient (Wildman–Crippen LogP) is 4.70. The minimum Gasteiger partial charge on any atom is -0.379 e. The van der Waals surface area contributed by atoms with Gasteiger partial charge in [-0.25, -0.2) is 17.8 Å². The molecule has 1 aromatic heterocycles. The minimum atomic E-state index is -4.15. The molecule has 1 saturated carbocycles. The normalized spacial score (nSPS) is 24.6. The molecule has 1 aliphatic carbocycles. The number of likely N-dealkylation sites (tertiary alicyclic amines) is 1. The molecule has 0 unspecified atom stereocenters. The summed E-state index contributed by atoms with van der Waals surface area (Å²) in [6.45, 7) is 1.70. The van der Waals surface area contributed by atoms with Crippen LogP contribution in [0, 0.1) is 23.1 Å². The highest BCUT2D eigenvalue weighted by Crippen LogP contribution is 2.34. The Hall–Kier alpha value is -1.93. The van der Waals surface area contributed by atoms with Crippen molar-refractivity contribution in [1.82, 2.24) is 9.88 Å². The lowest BCUT2D eigenvalue weighted by atomic mass is 9.86.